The van der Waals surface area contributed by atoms with Gasteiger partial charge >= 0.3 is 0 Å². The number of aromatic nitrogens is 1. The minimum Gasteiger partial charge on any atom is -0.342 e. The van der Waals surface area contributed by atoms with E-state index in [0.717, 1.165) is 12.0 Å². The van der Waals surface area contributed by atoms with Crippen molar-refractivity contribution in [2.24, 2.45) is 0 Å². The highest BCUT2D eigenvalue weighted by Crippen LogP contribution is 2.15. The molecule has 0 saturated carbocycles. The monoisotopic (exact) mass is 394 g/mol. The summed E-state index contributed by atoms with van der Waals surface area (Å²) < 4.78 is 0. The zero-order valence-electron chi connectivity index (χ0n) is 16.8. The molecule has 7 heteroatoms. The summed E-state index contributed by atoms with van der Waals surface area (Å²) in [5, 5.41) is 0. The number of piperazine rings is 1. The molecule has 3 rings (SSSR count). The molecule has 2 aromatic rings. The predicted octanol–water partition coefficient (Wildman–Crippen LogP) is 2.05. The summed E-state index contributed by atoms with van der Waals surface area (Å²) in [5.41, 5.74) is 1.74. The van der Waals surface area contributed by atoms with E-state index in [0.29, 0.717) is 38.3 Å². The van der Waals surface area contributed by atoms with Crippen LogP contribution in [0, 0.1) is 0 Å². The third kappa shape index (κ3) is 4.99. The second-order valence-corrected chi connectivity index (χ2v) is 7.38. The first-order valence-electron chi connectivity index (χ1n) is 9.79. The standard InChI is InChI=1S/C22H26N4O3/c1-17(2)26(15-18-6-4-3-5-7-18)21(28)19-8-9-23-20(14-19)22(29)25-12-10-24(16-27)11-13-25/h3-9,14,16-17H,10-13,15H2,1-2H3. The molecule has 3 amide bonds. The van der Waals surface area contributed by atoms with Crippen LogP contribution in [-0.2, 0) is 11.3 Å². The molecule has 0 bridgehead atoms. The maximum atomic E-state index is 13.2. The average Bonchev–Trinajstić information content (AvgIpc) is 2.77. The number of carbonyl (C=O) groups excluding carboxylic acids is 3. The molecule has 0 aliphatic carbocycles. The van der Waals surface area contributed by atoms with Gasteiger partial charge in [-0.25, -0.2) is 0 Å². The summed E-state index contributed by atoms with van der Waals surface area (Å²) in [6.45, 7) is 6.38. The maximum absolute atomic E-state index is 13.2. The van der Waals surface area contributed by atoms with Gasteiger partial charge in [0.2, 0.25) is 6.41 Å². The fourth-order valence-corrected chi connectivity index (χ4v) is 3.31. The molecule has 1 aliphatic rings. The summed E-state index contributed by atoms with van der Waals surface area (Å²) in [4.78, 5) is 46.1. The zero-order valence-corrected chi connectivity index (χ0v) is 16.8. The largest absolute Gasteiger partial charge is 0.342 e. The van der Waals surface area contributed by atoms with Gasteiger partial charge < -0.3 is 14.7 Å². The molecule has 1 fully saturated rings. The van der Waals surface area contributed by atoms with Crippen LogP contribution in [0.3, 0.4) is 0 Å². The van der Waals surface area contributed by atoms with E-state index in [1.165, 1.54) is 6.20 Å². The van der Waals surface area contributed by atoms with E-state index in [4.69, 9.17) is 0 Å². The summed E-state index contributed by atoms with van der Waals surface area (Å²) in [6, 6.07) is 13.0. The average molecular weight is 394 g/mol. The van der Waals surface area contributed by atoms with E-state index in [9.17, 15) is 14.4 Å². The van der Waals surface area contributed by atoms with Crippen molar-refractivity contribution in [3.05, 3.63) is 65.5 Å². The van der Waals surface area contributed by atoms with Gasteiger partial charge in [-0.2, -0.15) is 0 Å². The number of carbonyl (C=O) groups is 3. The molecule has 1 aromatic carbocycles. The van der Waals surface area contributed by atoms with Gasteiger partial charge in [-0.05, 0) is 31.5 Å². The van der Waals surface area contributed by atoms with E-state index >= 15 is 0 Å². The van der Waals surface area contributed by atoms with Crippen LogP contribution < -0.4 is 0 Å². The molecule has 0 unspecified atom stereocenters. The van der Waals surface area contributed by atoms with E-state index in [1.54, 1.807) is 26.8 Å². The first-order chi connectivity index (χ1) is 14.0. The highest BCUT2D eigenvalue weighted by Gasteiger charge is 2.24. The number of nitrogens with zero attached hydrogens (tertiary/aromatic N) is 4. The lowest BCUT2D eigenvalue weighted by Gasteiger charge is -2.32. The van der Waals surface area contributed by atoms with E-state index < -0.39 is 0 Å². The Morgan fingerprint density at radius 3 is 2.41 bits per heavy atom. The molecule has 0 radical (unpaired) electrons. The van der Waals surface area contributed by atoms with Crippen LogP contribution >= 0.6 is 0 Å². The lowest BCUT2D eigenvalue weighted by molar-refractivity contribution is -0.119. The Morgan fingerprint density at radius 2 is 1.79 bits per heavy atom. The molecule has 0 atom stereocenters. The molecule has 1 aliphatic heterocycles. The fraction of sp³-hybridized carbons (Fsp3) is 0.364. The molecule has 0 N–H and O–H groups in total. The Balaban J connectivity index is 1.75. The predicted molar refractivity (Wildman–Crippen MR) is 109 cm³/mol. The molecular formula is C22H26N4O3. The maximum Gasteiger partial charge on any atom is 0.272 e. The molecule has 29 heavy (non-hydrogen) atoms. The summed E-state index contributed by atoms with van der Waals surface area (Å²) in [5.74, 6) is -0.351. The smallest absolute Gasteiger partial charge is 0.272 e. The highest BCUT2D eigenvalue weighted by molar-refractivity contribution is 5.98. The van der Waals surface area contributed by atoms with Crippen molar-refractivity contribution < 1.29 is 14.4 Å². The van der Waals surface area contributed by atoms with Crippen molar-refractivity contribution in [1.82, 2.24) is 19.7 Å². The molecule has 2 heterocycles. The third-order valence-electron chi connectivity index (χ3n) is 5.06. The highest BCUT2D eigenvalue weighted by atomic mass is 16.2. The van der Waals surface area contributed by atoms with Gasteiger partial charge in [-0.15, -0.1) is 0 Å². The van der Waals surface area contributed by atoms with Crippen LogP contribution in [0.5, 0.6) is 0 Å². The minimum absolute atomic E-state index is 0.00596. The summed E-state index contributed by atoms with van der Waals surface area (Å²) in [7, 11) is 0. The fourth-order valence-electron chi connectivity index (χ4n) is 3.31. The second-order valence-electron chi connectivity index (χ2n) is 7.38. The molecule has 7 nitrogen and oxygen atoms in total. The van der Waals surface area contributed by atoms with Gasteiger partial charge in [0, 0.05) is 50.5 Å². The van der Waals surface area contributed by atoms with Crippen LogP contribution in [0.2, 0.25) is 0 Å². The van der Waals surface area contributed by atoms with Gasteiger partial charge in [0.15, 0.2) is 0 Å². The lowest BCUT2D eigenvalue weighted by Crippen LogP contribution is -2.48. The summed E-state index contributed by atoms with van der Waals surface area (Å²) >= 11 is 0. The summed E-state index contributed by atoms with van der Waals surface area (Å²) in [6.07, 6.45) is 2.30. The number of hydrogen-bond acceptors (Lipinski definition) is 4. The second kappa shape index (κ2) is 9.32. The van der Waals surface area contributed by atoms with E-state index in [2.05, 4.69) is 4.98 Å². The van der Waals surface area contributed by atoms with Crippen LogP contribution in [0.25, 0.3) is 0 Å². The molecule has 0 spiro atoms. The number of benzene rings is 1. The SMILES string of the molecule is CC(C)N(Cc1ccccc1)C(=O)c1ccnc(C(=O)N2CCN(C=O)CC2)c1. The van der Waals surface area contributed by atoms with Crippen molar-refractivity contribution in [3.63, 3.8) is 0 Å². The Bertz CT molecular complexity index is 861. The quantitative estimate of drug-likeness (QED) is 0.703. The van der Waals surface area contributed by atoms with Crippen molar-refractivity contribution in [3.8, 4) is 0 Å². The van der Waals surface area contributed by atoms with Crippen molar-refractivity contribution >= 4 is 18.2 Å². The van der Waals surface area contributed by atoms with E-state index in [-0.39, 0.29) is 23.6 Å². The minimum atomic E-state index is -0.218. The Morgan fingerprint density at radius 1 is 1.10 bits per heavy atom. The van der Waals surface area contributed by atoms with Crippen molar-refractivity contribution in [1.29, 1.82) is 0 Å². The van der Waals surface area contributed by atoms with Gasteiger partial charge in [-0.1, -0.05) is 30.3 Å². The lowest BCUT2D eigenvalue weighted by atomic mass is 10.1. The first kappa shape index (κ1) is 20.5. The van der Waals surface area contributed by atoms with Crippen LogP contribution in [0.15, 0.2) is 48.7 Å². The number of rotatable bonds is 6. The van der Waals surface area contributed by atoms with Gasteiger partial charge in [0.25, 0.3) is 11.8 Å². The number of amides is 3. The number of pyridine rings is 1. The molecule has 1 aromatic heterocycles. The molecular weight excluding hydrogens is 368 g/mol. The first-order valence-corrected chi connectivity index (χ1v) is 9.79. The zero-order chi connectivity index (χ0) is 20.8. The van der Waals surface area contributed by atoms with Gasteiger partial charge in [0.05, 0.1) is 0 Å². The van der Waals surface area contributed by atoms with Crippen LogP contribution in [0.1, 0.15) is 40.3 Å². The van der Waals surface area contributed by atoms with Crippen LogP contribution in [-0.4, -0.2) is 70.1 Å². The normalized spacial score (nSPS) is 14.0. The van der Waals surface area contributed by atoms with Gasteiger partial charge in [-0.3, -0.25) is 19.4 Å². The van der Waals surface area contributed by atoms with Crippen molar-refractivity contribution in [2.75, 3.05) is 26.2 Å². The van der Waals surface area contributed by atoms with Crippen molar-refractivity contribution in [2.45, 2.75) is 26.4 Å². The van der Waals surface area contributed by atoms with Crippen LogP contribution in [0.4, 0.5) is 0 Å². The Kier molecular flexibility index (Phi) is 6.59. The molecule has 152 valence electrons. The topological polar surface area (TPSA) is 73.8 Å². The Labute approximate surface area is 170 Å². The van der Waals surface area contributed by atoms with E-state index in [1.807, 2.05) is 44.2 Å². The molecule has 1 saturated heterocycles. The van der Waals surface area contributed by atoms with Gasteiger partial charge in [0.1, 0.15) is 5.69 Å². The Hall–Kier alpha value is -3.22. The third-order valence-corrected chi connectivity index (χ3v) is 5.06. The number of hydrogen-bond donors (Lipinski definition) is 0.